The van der Waals surface area contributed by atoms with Gasteiger partial charge in [0.05, 0.1) is 21.5 Å². The molecule has 0 atom stereocenters. The summed E-state index contributed by atoms with van der Waals surface area (Å²) in [6, 6.07) is 129. The predicted octanol–water partition coefficient (Wildman–Crippen LogP) is 30.7. The molecule has 0 aliphatic heterocycles. The Balaban J connectivity index is 0.000000133. The van der Waals surface area contributed by atoms with Crippen LogP contribution in [0.25, 0.3) is 120 Å². The van der Waals surface area contributed by atoms with E-state index in [2.05, 4.69) is 363 Å². The predicted molar refractivity (Wildman–Crippen MR) is 481 cm³/mol. The third-order valence-corrected chi connectivity index (χ3v) is 30.4. The normalized spacial score (nSPS) is 22.5. The first-order valence-electron chi connectivity index (χ1n) is 42.4. The summed E-state index contributed by atoms with van der Waals surface area (Å²) >= 11 is 1.90. The number of hydrogen-bond donors (Lipinski definition) is 0. The molecule has 3 nitrogen and oxygen atoms in total. The van der Waals surface area contributed by atoms with E-state index in [0.29, 0.717) is 11.8 Å². The highest BCUT2D eigenvalue weighted by molar-refractivity contribution is 7.26. The molecule has 17 aromatic rings. The summed E-state index contributed by atoms with van der Waals surface area (Å²) in [4.78, 5) is 4.94. The minimum atomic E-state index is 0.0626. The summed E-state index contributed by atoms with van der Waals surface area (Å²) in [6.45, 7) is 2.35. The Bertz CT molecular complexity index is 6650. The van der Waals surface area contributed by atoms with Crippen molar-refractivity contribution in [3.8, 4) is 77.9 Å². The van der Waals surface area contributed by atoms with Gasteiger partial charge in [0.2, 0.25) is 0 Å². The molecule has 8 saturated carbocycles. The summed E-state index contributed by atoms with van der Waals surface area (Å²) in [5.41, 5.74) is 35.5. The lowest BCUT2D eigenvalue weighted by molar-refractivity contribution is -0.0397. The van der Waals surface area contributed by atoms with Crippen LogP contribution in [0.4, 0.5) is 34.1 Å². The zero-order valence-corrected chi connectivity index (χ0v) is 65.6. The van der Waals surface area contributed by atoms with Crippen molar-refractivity contribution in [1.82, 2.24) is 0 Å². The van der Waals surface area contributed by atoms with Gasteiger partial charge in [-0.3, -0.25) is 0 Å². The molecule has 554 valence electrons. The van der Waals surface area contributed by atoms with Crippen LogP contribution in [0.3, 0.4) is 0 Å². The third-order valence-electron chi connectivity index (χ3n) is 29.2. The molecule has 8 fully saturated rings. The fraction of sp³-hybridized carbons (Fsp3) is 0.189. The van der Waals surface area contributed by atoms with Crippen LogP contribution in [0.1, 0.15) is 92.0 Å². The van der Waals surface area contributed by atoms with Gasteiger partial charge in [-0.25, -0.2) is 0 Å². The van der Waals surface area contributed by atoms with Crippen molar-refractivity contribution in [2.75, 3.05) is 9.80 Å². The first kappa shape index (κ1) is 67.4. The molecule has 8 bridgehead atoms. The molecule has 10 aliphatic carbocycles. The zero-order valence-electron chi connectivity index (χ0n) is 64.8. The van der Waals surface area contributed by atoms with Crippen LogP contribution < -0.4 is 9.80 Å². The first-order chi connectivity index (χ1) is 56.9. The van der Waals surface area contributed by atoms with E-state index in [1.807, 2.05) is 11.3 Å². The highest BCUT2D eigenvalue weighted by Gasteiger charge is 2.64. The molecule has 0 saturated heterocycles. The van der Waals surface area contributed by atoms with Gasteiger partial charge in [0.15, 0.2) is 0 Å². The Morgan fingerprint density at radius 1 is 0.278 bits per heavy atom. The topological polar surface area (TPSA) is 19.6 Å². The van der Waals surface area contributed by atoms with Gasteiger partial charge in [0.25, 0.3) is 0 Å². The van der Waals surface area contributed by atoms with Crippen LogP contribution in [0.15, 0.2) is 350 Å². The lowest BCUT2D eigenvalue weighted by Gasteiger charge is -2.61. The summed E-state index contributed by atoms with van der Waals surface area (Å²) in [6.07, 6.45) is 14.0. The molecular formula is C111H88N2OS. The molecule has 15 aromatic carbocycles. The van der Waals surface area contributed by atoms with Crippen LogP contribution in [0, 0.1) is 54.3 Å². The Labute approximate surface area is 677 Å². The van der Waals surface area contributed by atoms with Crippen molar-refractivity contribution in [3.63, 3.8) is 0 Å². The fourth-order valence-electron chi connectivity index (χ4n) is 25.3. The minimum Gasteiger partial charge on any atom is -0.456 e. The van der Waals surface area contributed by atoms with Crippen molar-refractivity contribution in [1.29, 1.82) is 0 Å². The third kappa shape index (κ3) is 10.3. The molecule has 0 radical (unpaired) electrons. The molecule has 0 amide bonds. The lowest BCUT2D eigenvalue weighted by atomic mass is 9.42. The average molecular weight is 1500 g/mol. The van der Waals surface area contributed by atoms with Crippen LogP contribution in [0.5, 0.6) is 0 Å². The molecule has 2 aromatic heterocycles. The molecule has 4 heteroatoms. The van der Waals surface area contributed by atoms with E-state index in [-0.39, 0.29) is 10.8 Å². The van der Waals surface area contributed by atoms with E-state index in [1.165, 1.54) is 185 Å². The Morgan fingerprint density at radius 3 is 1.23 bits per heavy atom. The molecule has 2 heterocycles. The number of benzene rings is 15. The Morgan fingerprint density at radius 2 is 0.670 bits per heavy atom. The van der Waals surface area contributed by atoms with E-state index in [0.717, 1.165) is 74.5 Å². The smallest absolute Gasteiger partial charge is 0.137 e. The molecular weight excluding hydrogens is 1410 g/mol. The van der Waals surface area contributed by atoms with Gasteiger partial charge < -0.3 is 14.2 Å². The fourth-order valence-corrected chi connectivity index (χ4v) is 26.5. The van der Waals surface area contributed by atoms with E-state index < -0.39 is 0 Å². The van der Waals surface area contributed by atoms with Crippen molar-refractivity contribution >= 4 is 87.6 Å². The van der Waals surface area contributed by atoms with Crippen molar-refractivity contribution < 1.29 is 4.42 Å². The highest BCUT2D eigenvalue weighted by Crippen LogP contribution is 2.73. The maximum atomic E-state index is 6.50. The summed E-state index contributed by atoms with van der Waals surface area (Å²) in [5.74, 6) is 6.50. The number of aryl methyl sites for hydroxylation is 1. The largest absolute Gasteiger partial charge is 0.456 e. The second-order valence-electron chi connectivity index (χ2n) is 35.0. The van der Waals surface area contributed by atoms with Crippen LogP contribution in [-0.2, 0) is 10.8 Å². The number of nitrogens with zero attached hydrogens (tertiary/aromatic N) is 2. The lowest BCUT2D eigenvalue weighted by Crippen LogP contribution is -2.55. The van der Waals surface area contributed by atoms with E-state index in [1.54, 1.807) is 22.3 Å². The second-order valence-corrected chi connectivity index (χ2v) is 36.0. The van der Waals surface area contributed by atoms with Crippen LogP contribution in [-0.4, -0.2) is 0 Å². The maximum absolute atomic E-state index is 6.50. The van der Waals surface area contributed by atoms with Crippen molar-refractivity contribution in [2.45, 2.75) is 82.0 Å². The summed E-state index contributed by atoms with van der Waals surface area (Å²) < 4.78 is 9.15. The Kier molecular flexibility index (Phi) is 15.5. The standard InChI is InChI=1S/C58H45NO.C53H43NS/c1-3-13-39(14-4-1)40-25-27-44(28-26-40)59(53-22-12-24-55-56(53)50-18-8-10-23-54(50)60-55)45-29-30-46(51(36-45)41-15-5-2-6-16-41)48-19-11-20-49-47-17-7-9-21-52(47)58(57(48)49)42-32-37-31-38(34-42)35-43(58)33-37;1-33-27-41(54(40-23-21-37(22-24-40)36-11-3-2-4-12-36)49-19-10-17-47-44-14-6-8-20-50(44)55-52(47)49)25-26-42(33)45-15-9-16-46-43-13-5-7-18-48(43)53(51(45)46)38-29-34-28-35(31-38)32-39(53)30-34/h1-30,36-38,42-43H,31-35H2;2-27,34-35,38-39H,28-32H2,1H3. The minimum absolute atomic E-state index is 0.0626. The van der Waals surface area contributed by atoms with Crippen molar-refractivity contribution in [2.24, 2.45) is 47.3 Å². The maximum Gasteiger partial charge on any atom is 0.137 e. The molecule has 115 heavy (non-hydrogen) atoms. The van der Waals surface area contributed by atoms with Gasteiger partial charge in [-0.05, 0) is 303 Å². The number of rotatable bonds is 11. The number of furan rings is 1. The van der Waals surface area contributed by atoms with Gasteiger partial charge >= 0.3 is 0 Å². The number of anilines is 6. The molecule has 27 rings (SSSR count). The van der Waals surface area contributed by atoms with E-state index in [9.17, 15) is 0 Å². The summed E-state index contributed by atoms with van der Waals surface area (Å²) in [7, 11) is 0. The molecule has 2 spiro atoms. The number of hydrogen-bond acceptors (Lipinski definition) is 4. The van der Waals surface area contributed by atoms with Gasteiger partial charge in [-0.1, -0.05) is 267 Å². The summed E-state index contributed by atoms with van der Waals surface area (Å²) in [5, 5.41) is 4.88. The van der Waals surface area contributed by atoms with E-state index in [4.69, 9.17) is 4.42 Å². The number of fused-ring (bicyclic) bond motifs is 12. The average Bonchev–Trinajstić information content (AvgIpc) is 1.54. The quantitative estimate of drug-likeness (QED) is 0.129. The van der Waals surface area contributed by atoms with Gasteiger partial charge in [0.1, 0.15) is 11.2 Å². The highest BCUT2D eigenvalue weighted by atomic mass is 32.1. The van der Waals surface area contributed by atoms with Crippen LogP contribution >= 0.6 is 11.3 Å². The van der Waals surface area contributed by atoms with Gasteiger partial charge in [-0.15, -0.1) is 11.3 Å². The van der Waals surface area contributed by atoms with Crippen LogP contribution in [0.2, 0.25) is 0 Å². The number of para-hydroxylation sites is 1. The van der Waals surface area contributed by atoms with Gasteiger partial charge in [-0.2, -0.15) is 0 Å². The molecule has 0 N–H and O–H groups in total. The molecule has 10 aliphatic rings. The Hall–Kier alpha value is -12.1. The molecule has 0 unspecified atom stereocenters. The van der Waals surface area contributed by atoms with Crippen molar-refractivity contribution in [3.05, 3.63) is 374 Å². The first-order valence-corrected chi connectivity index (χ1v) is 43.2. The van der Waals surface area contributed by atoms with Gasteiger partial charge in [0, 0.05) is 54.4 Å². The van der Waals surface area contributed by atoms with E-state index >= 15 is 0 Å². The SMILES string of the molecule is Cc1cc(N(c2ccc(-c3ccccc3)cc2)c2cccc3c2sc2ccccc23)ccc1-c1cccc2c1C1(c3ccccc3-2)C2CC3CC(C2)CC1C3.c1ccc(-c2ccc(N(c3ccc(-c4cccc5c4C4(c6ccccc6-5)C5CC6CC(C5)CC4C6)c(-c4ccccc4)c3)c3cccc4oc5ccccc5c34)cc2)cc1. The number of thiophene rings is 1. The second kappa shape index (κ2) is 26.5. The zero-order chi connectivity index (χ0) is 75.6. The monoisotopic (exact) mass is 1500 g/mol.